The predicted octanol–water partition coefficient (Wildman–Crippen LogP) is 2.40. The lowest BCUT2D eigenvalue weighted by atomic mass is 9.58. The van der Waals surface area contributed by atoms with Crippen molar-refractivity contribution in [2.45, 2.75) is 38.6 Å². The number of nitrogens with zero attached hydrogens (tertiary/aromatic N) is 1. The van der Waals surface area contributed by atoms with Gasteiger partial charge in [0, 0.05) is 12.4 Å². The monoisotopic (exact) mass is 302 g/mol. The van der Waals surface area contributed by atoms with Crippen LogP contribution in [0.3, 0.4) is 0 Å². The summed E-state index contributed by atoms with van der Waals surface area (Å²) in [5, 5.41) is 12.5. The molecule has 1 aromatic heterocycles. The van der Waals surface area contributed by atoms with Gasteiger partial charge in [-0.3, -0.25) is 14.6 Å². The molecule has 0 radical (unpaired) electrons. The highest BCUT2D eigenvalue weighted by Crippen LogP contribution is 2.49. The van der Waals surface area contributed by atoms with Crippen molar-refractivity contribution in [1.29, 1.82) is 0 Å². The molecule has 4 rings (SSSR count). The molecule has 3 fully saturated rings. The number of aliphatic carboxylic acids is 1. The van der Waals surface area contributed by atoms with Crippen LogP contribution in [-0.4, -0.2) is 22.0 Å². The lowest BCUT2D eigenvalue weighted by molar-refractivity contribution is -0.158. The summed E-state index contributed by atoms with van der Waals surface area (Å²) in [6.07, 6.45) is 7.25. The first-order chi connectivity index (χ1) is 10.6. The molecule has 0 aliphatic heterocycles. The molecule has 0 saturated heterocycles. The number of carboxylic acids is 1. The Kier molecular flexibility index (Phi) is 4.14. The van der Waals surface area contributed by atoms with Crippen LogP contribution in [0.1, 0.15) is 44.2 Å². The van der Waals surface area contributed by atoms with Gasteiger partial charge in [0.05, 0.1) is 17.9 Å². The highest BCUT2D eigenvalue weighted by atomic mass is 16.4. The molecule has 0 unspecified atom stereocenters. The molecule has 0 spiro atoms. The first-order valence-electron chi connectivity index (χ1n) is 8.01. The maximum Gasteiger partial charge on any atom is 0.307 e. The van der Waals surface area contributed by atoms with Crippen molar-refractivity contribution in [1.82, 2.24) is 10.3 Å². The molecule has 22 heavy (non-hydrogen) atoms. The zero-order valence-electron chi connectivity index (χ0n) is 12.7. The van der Waals surface area contributed by atoms with Crippen LogP contribution in [-0.2, 0) is 9.59 Å². The van der Waals surface area contributed by atoms with Crippen LogP contribution < -0.4 is 5.32 Å². The van der Waals surface area contributed by atoms with Crippen LogP contribution in [0.25, 0.3) is 0 Å². The molecule has 2 N–H and O–H groups in total. The second kappa shape index (κ2) is 6.07. The van der Waals surface area contributed by atoms with Crippen molar-refractivity contribution in [2.75, 3.05) is 0 Å². The number of pyridine rings is 1. The first kappa shape index (κ1) is 15.0. The largest absolute Gasteiger partial charge is 0.481 e. The van der Waals surface area contributed by atoms with Gasteiger partial charge < -0.3 is 10.4 Å². The van der Waals surface area contributed by atoms with Gasteiger partial charge in [-0.05, 0) is 62.1 Å². The lowest BCUT2D eigenvalue weighted by Crippen LogP contribution is -2.51. The van der Waals surface area contributed by atoms with Crippen LogP contribution in [0.2, 0.25) is 0 Å². The number of carbonyl (C=O) groups is 2. The minimum Gasteiger partial charge on any atom is -0.481 e. The van der Waals surface area contributed by atoms with Crippen molar-refractivity contribution >= 4 is 11.9 Å². The van der Waals surface area contributed by atoms with E-state index >= 15 is 0 Å². The zero-order valence-corrected chi connectivity index (χ0v) is 12.7. The van der Waals surface area contributed by atoms with E-state index in [-0.39, 0.29) is 29.7 Å². The number of carbonyl (C=O) groups excluding carboxylic acids is 1. The third-order valence-corrected chi connectivity index (χ3v) is 5.37. The third kappa shape index (κ3) is 2.72. The zero-order chi connectivity index (χ0) is 15.7. The normalized spacial score (nSPS) is 31.5. The lowest BCUT2D eigenvalue weighted by Gasteiger charge is -2.46. The number of carboxylic acid groups (broad SMARTS) is 1. The maximum atomic E-state index is 12.7. The number of hydrogen-bond acceptors (Lipinski definition) is 3. The van der Waals surface area contributed by atoms with Gasteiger partial charge >= 0.3 is 5.97 Å². The van der Waals surface area contributed by atoms with E-state index in [4.69, 9.17) is 0 Å². The summed E-state index contributed by atoms with van der Waals surface area (Å²) in [7, 11) is 0. The van der Waals surface area contributed by atoms with Crippen molar-refractivity contribution in [3.63, 3.8) is 0 Å². The maximum absolute atomic E-state index is 12.7. The number of nitrogens with one attached hydrogen (secondary N) is 1. The van der Waals surface area contributed by atoms with E-state index in [1.165, 1.54) is 0 Å². The SMILES string of the molecule is C[C@H](NC(=O)[C@@H]1C2CCC(CC2)[C@@H]1C(=O)O)c1ccncc1. The molecule has 1 aromatic rings. The minimum atomic E-state index is -0.814. The van der Waals surface area contributed by atoms with Gasteiger partial charge in [-0.25, -0.2) is 0 Å². The summed E-state index contributed by atoms with van der Waals surface area (Å²) in [6, 6.07) is 3.60. The Labute approximate surface area is 130 Å². The van der Waals surface area contributed by atoms with E-state index in [0.717, 1.165) is 31.2 Å². The van der Waals surface area contributed by atoms with E-state index in [1.807, 2.05) is 19.1 Å². The van der Waals surface area contributed by atoms with Gasteiger partial charge in [-0.15, -0.1) is 0 Å². The molecule has 5 nitrogen and oxygen atoms in total. The van der Waals surface area contributed by atoms with Gasteiger partial charge in [0.2, 0.25) is 5.91 Å². The summed E-state index contributed by atoms with van der Waals surface area (Å²) in [5.74, 6) is -1.44. The highest BCUT2D eigenvalue weighted by molar-refractivity contribution is 5.86. The summed E-state index contributed by atoms with van der Waals surface area (Å²) in [6.45, 7) is 1.92. The van der Waals surface area contributed by atoms with Gasteiger partial charge in [0.15, 0.2) is 0 Å². The van der Waals surface area contributed by atoms with E-state index in [2.05, 4.69) is 10.3 Å². The Morgan fingerprint density at radius 2 is 1.68 bits per heavy atom. The predicted molar refractivity (Wildman–Crippen MR) is 80.9 cm³/mol. The van der Waals surface area contributed by atoms with E-state index in [1.54, 1.807) is 12.4 Å². The highest BCUT2D eigenvalue weighted by Gasteiger charge is 2.50. The molecule has 1 heterocycles. The average Bonchev–Trinajstić information content (AvgIpc) is 2.55. The van der Waals surface area contributed by atoms with Crippen molar-refractivity contribution < 1.29 is 14.7 Å². The number of amides is 1. The molecule has 3 saturated carbocycles. The van der Waals surface area contributed by atoms with Gasteiger partial charge in [0.1, 0.15) is 0 Å². The smallest absolute Gasteiger partial charge is 0.307 e. The summed E-state index contributed by atoms with van der Waals surface area (Å²) < 4.78 is 0. The summed E-state index contributed by atoms with van der Waals surface area (Å²) in [5.41, 5.74) is 0.983. The number of fused-ring (bicyclic) bond motifs is 3. The van der Waals surface area contributed by atoms with E-state index in [0.29, 0.717) is 0 Å². The summed E-state index contributed by atoms with van der Waals surface area (Å²) >= 11 is 0. The quantitative estimate of drug-likeness (QED) is 0.895. The Balaban J connectivity index is 1.74. The fourth-order valence-corrected chi connectivity index (χ4v) is 4.23. The van der Waals surface area contributed by atoms with Crippen molar-refractivity contribution in [2.24, 2.45) is 23.7 Å². The molecule has 3 aliphatic carbocycles. The van der Waals surface area contributed by atoms with Crippen LogP contribution >= 0.6 is 0 Å². The molecule has 0 aromatic carbocycles. The van der Waals surface area contributed by atoms with Crippen molar-refractivity contribution in [3.05, 3.63) is 30.1 Å². The number of rotatable bonds is 4. The Morgan fingerprint density at radius 1 is 1.14 bits per heavy atom. The Bertz CT molecular complexity index is 552. The van der Waals surface area contributed by atoms with Crippen LogP contribution in [0.5, 0.6) is 0 Å². The standard InChI is InChI=1S/C17H22N2O3/c1-10(11-6-8-18-9-7-11)19-16(20)14-12-2-4-13(5-3-12)15(14)17(21)22/h6-10,12-15H,2-5H2,1H3,(H,19,20)(H,21,22)/t10-,12?,13?,14+,15-/m0/s1. The molecule has 2 bridgehead atoms. The summed E-state index contributed by atoms with van der Waals surface area (Å²) in [4.78, 5) is 28.3. The second-order valence-corrected chi connectivity index (χ2v) is 6.58. The fraction of sp³-hybridized carbons (Fsp3) is 0.588. The molecular weight excluding hydrogens is 280 g/mol. The third-order valence-electron chi connectivity index (χ3n) is 5.37. The Hall–Kier alpha value is -1.91. The van der Waals surface area contributed by atoms with E-state index in [9.17, 15) is 14.7 Å². The molecule has 3 aliphatic rings. The molecule has 5 heteroatoms. The second-order valence-electron chi connectivity index (χ2n) is 6.58. The Morgan fingerprint density at radius 3 is 2.23 bits per heavy atom. The van der Waals surface area contributed by atoms with Crippen LogP contribution in [0, 0.1) is 23.7 Å². The van der Waals surface area contributed by atoms with Gasteiger partial charge in [-0.1, -0.05) is 0 Å². The molecule has 118 valence electrons. The molecular formula is C17H22N2O3. The van der Waals surface area contributed by atoms with E-state index < -0.39 is 11.9 Å². The minimum absolute atomic E-state index is 0.105. The molecule has 1 amide bonds. The topological polar surface area (TPSA) is 79.3 Å². The van der Waals surface area contributed by atoms with Gasteiger partial charge in [-0.2, -0.15) is 0 Å². The van der Waals surface area contributed by atoms with Crippen molar-refractivity contribution in [3.8, 4) is 0 Å². The molecule has 3 atom stereocenters. The van der Waals surface area contributed by atoms with Gasteiger partial charge in [0.25, 0.3) is 0 Å². The number of hydrogen-bond donors (Lipinski definition) is 2. The fourth-order valence-electron chi connectivity index (χ4n) is 4.23. The van der Waals surface area contributed by atoms with Crippen LogP contribution in [0.4, 0.5) is 0 Å². The average molecular weight is 302 g/mol. The van der Waals surface area contributed by atoms with Crippen LogP contribution in [0.15, 0.2) is 24.5 Å². The first-order valence-corrected chi connectivity index (χ1v) is 8.01. The number of aromatic nitrogens is 1.